The van der Waals surface area contributed by atoms with Gasteiger partial charge in [0.1, 0.15) is 5.82 Å². The van der Waals surface area contributed by atoms with E-state index in [0.717, 1.165) is 18.4 Å². The van der Waals surface area contributed by atoms with Gasteiger partial charge in [-0.3, -0.25) is 0 Å². The molecule has 0 amide bonds. The molecule has 2 aromatic rings. The summed E-state index contributed by atoms with van der Waals surface area (Å²) in [6, 6.07) is 8.22. The van der Waals surface area contributed by atoms with Crippen LogP contribution in [0.15, 0.2) is 43.0 Å². The van der Waals surface area contributed by atoms with Gasteiger partial charge in [0, 0.05) is 5.56 Å². The molecule has 2 nitrogen and oxygen atoms in total. The average Bonchev–Trinajstić information content (AvgIpc) is 2.71. The van der Waals surface area contributed by atoms with Crippen LogP contribution < -0.4 is 4.74 Å². The van der Waals surface area contributed by atoms with E-state index in [-0.39, 0.29) is 36.8 Å². The molecular formula is C24H27F3O2. The van der Waals surface area contributed by atoms with E-state index in [0.29, 0.717) is 30.4 Å². The van der Waals surface area contributed by atoms with E-state index < -0.39 is 11.6 Å². The van der Waals surface area contributed by atoms with Crippen LogP contribution in [0.1, 0.15) is 54.7 Å². The minimum atomic E-state index is -0.931. The molecule has 1 saturated carbocycles. The molecule has 0 bridgehead atoms. The Morgan fingerprint density at radius 1 is 1.03 bits per heavy atom. The van der Waals surface area contributed by atoms with E-state index in [1.54, 1.807) is 18.2 Å². The van der Waals surface area contributed by atoms with Gasteiger partial charge in [-0.25, -0.2) is 8.78 Å². The zero-order valence-corrected chi connectivity index (χ0v) is 16.7. The van der Waals surface area contributed by atoms with Crippen LogP contribution in [0, 0.1) is 24.4 Å². The molecule has 0 heterocycles. The summed E-state index contributed by atoms with van der Waals surface area (Å²) in [6.07, 6.45) is 5.10. The van der Waals surface area contributed by atoms with Gasteiger partial charge in [0.05, 0.1) is 19.3 Å². The van der Waals surface area contributed by atoms with Crippen LogP contribution in [-0.2, 0) is 11.3 Å². The van der Waals surface area contributed by atoms with Crippen LogP contribution in [-0.4, -0.2) is 12.7 Å². The molecule has 1 aliphatic carbocycles. The molecule has 5 heteroatoms. The summed E-state index contributed by atoms with van der Waals surface area (Å²) in [4.78, 5) is 0. The Morgan fingerprint density at radius 2 is 1.79 bits per heavy atom. The van der Waals surface area contributed by atoms with Crippen LogP contribution in [0.2, 0.25) is 0 Å². The summed E-state index contributed by atoms with van der Waals surface area (Å²) in [5.74, 6) is -2.13. The third-order valence-corrected chi connectivity index (χ3v) is 5.45. The fraction of sp³-hybridized carbons (Fsp3) is 0.417. The molecule has 3 rings (SSSR count). The second-order valence-corrected chi connectivity index (χ2v) is 7.59. The molecule has 0 aliphatic heterocycles. The highest BCUT2D eigenvalue weighted by Crippen LogP contribution is 2.37. The molecule has 0 spiro atoms. The topological polar surface area (TPSA) is 18.5 Å². The van der Waals surface area contributed by atoms with Gasteiger partial charge in [-0.1, -0.05) is 24.3 Å². The zero-order valence-electron chi connectivity index (χ0n) is 16.7. The van der Waals surface area contributed by atoms with Crippen molar-refractivity contribution < 1.29 is 22.6 Å². The van der Waals surface area contributed by atoms with Crippen LogP contribution >= 0.6 is 0 Å². The second kappa shape index (κ2) is 9.97. The highest BCUT2D eigenvalue weighted by molar-refractivity contribution is 5.33. The van der Waals surface area contributed by atoms with Crippen molar-refractivity contribution in [2.45, 2.75) is 57.7 Å². The van der Waals surface area contributed by atoms with Gasteiger partial charge in [0.15, 0.2) is 11.6 Å². The summed E-state index contributed by atoms with van der Waals surface area (Å²) >= 11 is 0. The SMILES string of the molecule is C=CCCOc1ccc(C2CCC(OCc3ccc(C)cc3F)CC2)c(F)c1F. The predicted molar refractivity (Wildman–Crippen MR) is 108 cm³/mol. The molecule has 0 unspecified atom stereocenters. The monoisotopic (exact) mass is 404 g/mol. The number of hydrogen-bond donors (Lipinski definition) is 0. The third-order valence-electron chi connectivity index (χ3n) is 5.45. The maximum atomic E-state index is 14.6. The van der Waals surface area contributed by atoms with Gasteiger partial charge in [-0.2, -0.15) is 4.39 Å². The summed E-state index contributed by atoms with van der Waals surface area (Å²) in [6.45, 7) is 5.91. The number of ether oxygens (including phenoxy) is 2. The number of benzene rings is 2. The second-order valence-electron chi connectivity index (χ2n) is 7.59. The molecule has 0 N–H and O–H groups in total. The standard InChI is InChI=1S/C24H27F3O2/c1-3-4-13-28-22-12-11-20(23(26)24(22)27)17-7-9-19(10-8-17)29-15-18-6-5-16(2)14-21(18)25/h3,5-6,11-12,14,17,19H,1,4,7-10,13,15H2,2H3. The Kier molecular flexibility index (Phi) is 7.37. The molecule has 0 saturated heterocycles. The highest BCUT2D eigenvalue weighted by atomic mass is 19.2. The third kappa shape index (κ3) is 5.41. The summed E-state index contributed by atoms with van der Waals surface area (Å²) in [5, 5.41) is 0. The van der Waals surface area contributed by atoms with Gasteiger partial charge in [-0.15, -0.1) is 6.58 Å². The minimum Gasteiger partial charge on any atom is -0.490 e. The fourth-order valence-electron chi connectivity index (χ4n) is 3.74. The Morgan fingerprint density at radius 3 is 2.48 bits per heavy atom. The Labute approximate surface area is 170 Å². The first-order valence-corrected chi connectivity index (χ1v) is 10.1. The van der Waals surface area contributed by atoms with Gasteiger partial charge < -0.3 is 9.47 Å². The minimum absolute atomic E-state index is 0.00127. The number of aryl methyl sites for hydroxylation is 1. The van der Waals surface area contributed by atoms with Crippen molar-refractivity contribution in [1.82, 2.24) is 0 Å². The zero-order chi connectivity index (χ0) is 20.8. The lowest BCUT2D eigenvalue weighted by Gasteiger charge is -2.29. The first kappa shape index (κ1) is 21.4. The maximum Gasteiger partial charge on any atom is 0.200 e. The molecular weight excluding hydrogens is 377 g/mol. The Balaban J connectivity index is 1.54. The fourth-order valence-corrected chi connectivity index (χ4v) is 3.74. The normalized spacial score (nSPS) is 19.2. The highest BCUT2D eigenvalue weighted by Gasteiger charge is 2.27. The molecule has 0 radical (unpaired) electrons. The molecule has 1 fully saturated rings. The largest absolute Gasteiger partial charge is 0.490 e. The van der Waals surface area contributed by atoms with Gasteiger partial charge in [0.2, 0.25) is 5.82 Å². The summed E-state index contributed by atoms with van der Waals surface area (Å²) in [5.41, 5.74) is 1.80. The predicted octanol–water partition coefficient (Wildman–Crippen LogP) is 6.61. The Hall–Kier alpha value is -2.27. The van der Waals surface area contributed by atoms with E-state index in [2.05, 4.69) is 6.58 Å². The lowest BCUT2D eigenvalue weighted by molar-refractivity contribution is 0.0118. The number of hydrogen-bond acceptors (Lipinski definition) is 2. The van der Waals surface area contributed by atoms with Gasteiger partial charge >= 0.3 is 0 Å². The van der Waals surface area contributed by atoms with Crippen molar-refractivity contribution in [2.75, 3.05) is 6.61 Å². The van der Waals surface area contributed by atoms with E-state index in [1.165, 1.54) is 12.1 Å². The van der Waals surface area contributed by atoms with E-state index in [4.69, 9.17) is 9.47 Å². The first-order valence-electron chi connectivity index (χ1n) is 10.1. The Bertz CT molecular complexity index is 842. The van der Waals surface area contributed by atoms with Crippen molar-refractivity contribution in [3.8, 4) is 5.75 Å². The molecule has 1 aliphatic rings. The lowest BCUT2D eigenvalue weighted by atomic mass is 9.82. The van der Waals surface area contributed by atoms with Crippen molar-refractivity contribution in [3.63, 3.8) is 0 Å². The van der Waals surface area contributed by atoms with Crippen molar-refractivity contribution in [3.05, 3.63) is 77.1 Å². The van der Waals surface area contributed by atoms with Crippen molar-refractivity contribution in [1.29, 1.82) is 0 Å². The van der Waals surface area contributed by atoms with Crippen LogP contribution in [0.4, 0.5) is 13.2 Å². The van der Waals surface area contributed by atoms with Gasteiger partial charge in [-0.05, 0) is 68.2 Å². The lowest BCUT2D eigenvalue weighted by Crippen LogP contribution is -2.21. The van der Waals surface area contributed by atoms with Crippen LogP contribution in [0.3, 0.4) is 0 Å². The number of rotatable bonds is 8. The van der Waals surface area contributed by atoms with E-state index >= 15 is 0 Å². The maximum absolute atomic E-state index is 14.6. The van der Waals surface area contributed by atoms with Crippen molar-refractivity contribution in [2.24, 2.45) is 0 Å². The molecule has 0 aromatic heterocycles. The summed E-state index contributed by atoms with van der Waals surface area (Å²) < 4.78 is 53.9. The molecule has 156 valence electrons. The van der Waals surface area contributed by atoms with Crippen LogP contribution in [0.5, 0.6) is 5.75 Å². The van der Waals surface area contributed by atoms with Gasteiger partial charge in [0.25, 0.3) is 0 Å². The van der Waals surface area contributed by atoms with Crippen molar-refractivity contribution >= 4 is 0 Å². The van der Waals surface area contributed by atoms with Crippen LogP contribution in [0.25, 0.3) is 0 Å². The number of halogens is 3. The average molecular weight is 404 g/mol. The molecule has 29 heavy (non-hydrogen) atoms. The molecule has 0 atom stereocenters. The quantitative estimate of drug-likeness (QED) is 0.364. The van der Waals surface area contributed by atoms with E-state index in [9.17, 15) is 13.2 Å². The first-order chi connectivity index (χ1) is 14.0. The smallest absolute Gasteiger partial charge is 0.200 e. The molecule has 2 aromatic carbocycles. The summed E-state index contributed by atoms with van der Waals surface area (Å²) in [7, 11) is 0. The van der Waals surface area contributed by atoms with E-state index in [1.807, 2.05) is 13.0 Å².